The molecule has 1 aromatic heterocycles. The van der Waals surface area contributed by atoms with Gasteiger partial charge in [0, 0.05) is 19.6 Å². The molecule has 3 unspecified atom stereocenters. The summed E-state index contributed by atoms with van der Waals surface area (Å²) in [7, 11) is 0. The van der Waals surface area contributed by atoms with Gasteiger partial charge in [-0.1, -0.05) is 18.2 Å². The predicted molar refractivity (Wildman–Crippen MR) is 124 cm³/mol. The van der Waals surface area contributed by atoms with Crippen molar-refractivity contribution in [3.05, 3.63) is 69.6 Å². The standard InChI is InChI=1S/C22H25ClF3N5O5/c1-3-4-16-18(14-5-7-15(8-6-14)22(24,25)26)28(9-10-30(16)20(32)33)12-21(2,34)13-29-11-17(31(35)36)27-19(29)23/h3,5-8,11,16,18,34H,1,4,9-10,12-13H2,2H3,(H,32,33). The van der Waals surface area contributed by atoms with Crippen LogP contribution < -0.4 is 0 Å². The molecular weight excluding hydrogens is 507 g/mol. The van der Waals surface area contributed by atoms with Crippen molar-refractivity contribution in [1.82, 2.24) is 19.4 Å². The second-order valence-electron chi connectivity index (χ2n) is 8.85. The molecule has 14 heteroatoms. The molecule has 36 heavy (non-hydrogen) atoms. The fourth-order valence-electron chi connectivity index (χ4n) is 4.53. The second kappa shape index (κ2) is 10.4. The van der Waals surface area contributed by atoms with Gasteiger partial charge in [-0.05, 0) is 52.5 Å². The van der Waals surface area contributed by atoms with Gasteiger partial charge >= 0.3 is 23.4 Å². The lowest BCUT2D eigenvalue weighted by Crippen LogP contribution is -2.59. The lowest BCUT2D eigenvalue weighted by molar-refractivity contribution is -0.389. The van der Waals surface area contributed by atoms with Gasteiger partial charge in [-0.2, -0.15) is 13.2 Å². The molecule has 0 aliphatic carbocycles. The number of carboxylic acid groups (broad SMARTS) is 1. The maximum atomic E-state index is 13.1. The average molecular weight is 532 g/mol. The molecule has 3 rings (SSSR count). The summed E-state index contributed by atoms with van der Waals surface area (Å²) in [5.41, 5.74) is -1.92. The van der Waals surface area contributed by atoms with Crippen LogP contribution in [0.4, 0.5) is 23.8 Å². The number of β-amino-alcohol motifs (C(OH)–C–C–N with tert-alkyl or cyclic N) is 1. The van der Waals surface area contributed by atoms with Gasteiger partial charge in [0.05, 0.1) is 29.8 Å². The maximum Gasteiger partial charge on any atom is 0.416 e. The summed E-state index contributed by atoms with van der Waals surface area (Å²) >= 11 is 5.98. The third kappa shape index (κ3) is 6.15. The highest BCUT2D eigenvalue weighted by molar-refractivity contribution is 6.28. The Morgan fingerprint density at radius 1 is 1.31 bits per heavy atom. The first-order valence-electron chi connectivity index (χ1n) is 10.8. The number of aliphatic hydroxyl groups is 1. The Morgan fingerprint density at radius 3 is 2.44 bits per heavy atom. The summed E-state index contributed by atoms with van der Waals surface area (Å²) in [4.78, 5) is 28.8. The van der Waals surface area contributed by atoms with Crippen molar-refractivity contribution in [1.29, 1.82) is 0 Å². The Morgan fingerprint density at radius 2 is 1.94 bits per heavy atom. The van der Waals surface area contributed by atoms with Gasteiger partial charge in [-0.25, -0.2) is 4.79 Å². The van der Waals surface area contributed by atoms with Crippen molar-refractivity contribution in [2.75, 3.05) is 19.6 Å². The van der Waals surface area contributed by atoms with E-state index in [1.54, 1.807) is 4.90 Å². The van der Waals surface area contributed by atoms with Crippen LogP contribution in [-0.4, -0.2) is 71.9 Å². The predicted octanol–water partition coefficient (Wildman–Crippen LogP) is 4.20. The first kappa shape index (κ1) is 27.4. The highest BCUT2D eigenvalue weighted by Crippen LogP contribution is 2.37. The average Bonchev–Trinajstić information content (AvgIpc) is 3.13. The molecule has 0 bridgehead atoms. The van der Waals surface area contributed by atoms with Crippen molar-refractivity contribution < 1.29 is 33.1 Å². The molecule has 1 saturated heterocycles. The minimum atomic E-state index is -4.53. The van der Waals surface area contributed by atoms with Crippen molar-refractivity contribution in [3.8, 4) is 0 Å². The van der Waals surface area contributed by atoms with Crippen molar-refractivity contribution in [2.45, 2.75) is 43.8 Å². The van der Waals surface area contributed by atoms with E-state index in [-0.39, 0.29) is 37.9 Å². The SMILES string of the molecule is C=CCC1C(c2ccc(C(F)(F)F)cc2)N(CC(C)(O)Cn2cc([N+](=O)[O-])nc2Cl)CCN1C(=O)O. The Labute approximate surface area is 209 Å². The number of nitrogens with zero attached hydrogens (tertiary/aromatic N) is 5. The van der Waals surface area contributed by atoms with E-state index in [4.69, 9.17) is 11.6 Å². The molecule has 2 heterocycles. The van der Waals surface area contributed by atoms with Gasteiger partial charge in [0.15, 0.2) is 0 Å². The second-order valence-corrected chi connectivity index (χ2v) is 9.19. The third-order valence-electron chi connectivity index (χ3n) is 5.98. The van der Waals surface area contributed by atoms with Gasteiger partial charge in [-0.15, -0.1) is 6.58 Å². The number of rotatable bonds is 8. The lowest BCUT2D eigenvalue weighted by atomic mass is 9.89. The Balaban J connectivity index is 1.95. The molecule has 3 atom stereocenters. The first-order chi connectivity index (χ1) is 16.7. The molecule has 2 N–H and O–H groups in total. The lowest BCUT2D eigenvalue weighted by Gasteiger charge is -2.48. The van der Waals surface area contributed by atoms with E-state index in [1.807, 2.05) is 0 Å². The largest absolute Gasteiger partial charge is 0.465 e. The number of imidazole rings is 1. The van der Waals surface area contributed by atoms with E-state index in [1.165, 1.54) is 34.6 Å². The highest BCUT2D eigenvalue weighted by atomic mass is 35.5. The fourth-order valence-corrected chi connectivity index (χ4v) is 4.73. The zero-order valence-corrected chi connectivity index (χ0v) is 20.0. The van der Waals surface area contributed by atoms with Gasteiger partial charge in [0.2, 0.25) is 0 Å². The van der Waals surface area contributed by atoms with Gasteiger partial charge < -0.3 is 25.2 Å². The van der Waals surface area contributed by atoms with E-state index >= 15 is 0 Å². The van der Waals surface area contributed by atoms with Gasteiger partial charge in [-0.3, -0.25) is 9.47 Å². The Bertz CT molecular complexity index is 1120. The monoisotopic (exact) mass is 531 g/mol. The molecule has 0 radical (unpaired) electrons. The smallest absolute Gasteiger partial charge is 0.416 e. The molecule has 1 aliphatic rings. The minimum absolute atomic E-state index is 0.0396. The third-order valence-corrected chi connectivity index (χ3v) is 6.28. The van der Waals surface area contributed by atoms with Crippen molar-refractivity contribution in [2.24, 2.45) is 0 Å². The molecule has 196 valence electrons. The van der Waals surface area contributed by atoms with Crippen LogP contribution in [0.25, 0.3) is 0 Å². The molecule has 2 aromatic rings. The van der Waals surface area contributed by atoms with E-state index in [0.29, 0.717) is 5.56 Å². The summed E-state index contributed by atoms with van der Waals surface area (Å²) in [5.74, 6) is -0.487. The zero-order valence-electron chi connectivity index (χ0n) is 19.2. The number of hydrogen-bond acceptors (Lipinski definition) is 6. The van der Waals surface area contributed by atoms with Crippen LogP contribution in [0.5, 0.6) is 0 Å². The Hall–Kier alpha value is -3.16. The van der Waals surface area contributed by atoms with E-state index < -0.39 is 46.3 Å². The van der Waals surface area contributed by atoms with Gasteiger partial charge in [0.25, 0.3) is 0 Å². The summed E-state index contributed by atoms with van der Waals surface area (Å²) in [6.07, 6.45) is -2.87. The van der Waals surface area contributed by atoms with Crippen LogP contribution in [0, 0.1) is 10.1 Å². The van der Waals surface area contributed by atoms with Gasteiger partial charge in [0.1, 0.15) is 6.20 Å². The van der Waals surface area contributed by atoms with E-state index in [9.17, 15) is 38.3 Å². The Kier molecular flexibility index (Phi) is 7.96. The number of halogens is 4. The summed E-state index contributed by atoms with van der Waals surface area (Å²) in [6.45, 7) is 5.23. The topological polar surface area (TPSA) is 125 Å². The first-order valence-corrected chi connectivity index (χ1v) is 11.2. The molecule has 1 fully saturated rings. The molecule has 0 saturated carbocycles. The number of aromatic nitrogens is 2. The minimum Gasteiger partial charge on any atom is -0.465 e. The maximum absolute atomic E-state index is 13.1. The van der Waals surface area contributed by atoms with Crippen LogP contribution >= 0.6 is 11.6 Å². The number of amides is 1. The summed E-state index contributed by atoms with van der Waals surface area (Å²) in [6, 6.07) is 3.08. The van der Waals surface area contributed by atoms with E-state index in [0.717, 1.165) is 18.3 Å². The van der Waals surface area contributed by atoms with Crippen LogP contribution in [0.15, 0.2) is 43.1 Å². The summed E-state index contributed by atoms with van der Waals surface area (Å²) < 4.78 is 40.6. The number of alkyl halides is 3. The number of carbonyl (C=O) groups is 1. The fraction of sp³-hybridized carbons (Fsp3) is 0.455. The number of hydrogen-bond donors (Lipinski definition) is 2. The molecular formula is C22H25ClF3N5O5. The van der Waals surface area contributed by atoms with Crippen LogP contribution in [0.2, 0.25) is 5.28 Å². The molecule has 1 aromatic carbocycles. The van der Waals surface area contributed by atoms with E-state index in [2.05, 4.69) is 11.6 Å². The quantitative estimate of drug-likeness (QED) is 0.297. The number of piperazine rings is 1. The van der Waals surface area contributed by atoms with Crippen LogP contribution in [0.1, 0.15) is 30.5 Å². The van der Waals surface area contributed by atoms with Crippen molar-refractivity contribution in [3.63, 3.8) is 0 Å². The molecule has 0 spiro atoms. The molecule has 1 amide bonds. The number of nitro groups is 1. The van der Waals surface area contributed by atoms with Crippen LogP contribution in [-0.2, 0) is 12.7 Å². The van der Waals surface area contributed by atoms with Crippen molar-refractivity contribution >= 4 is 23.5 Å². The zero-order chi connectivity index (χ0) is 26.8. The highest BCUT2D eigenvalue weighted by Gasteiger charge is 2.42. The normalized spacial score (nSPS) is 20.7. The molecule has 1 aliphatic heterocycles. The summed E-state index contributed by atoms with van der Waals surface area (Å²) in [5, 5.41) is 31.7. The number of benzene rings is 1. The van der Waals surface area contributed by atoms with Crippen LogP contribution in [0.3, 0.4) is 0 Å². The molecule has 10 nitrogen and oxygen atoms in total.